The van der Waals surface area contributed by atoms with Crippen molar-refractivity contribution in [3.05, 3.63) is 71.0 Å². The van der Waals surface area contributed by atoms with Crippen LogP contribution in [0.25, 0.3) is 22.1 Å². The number of hydrogen-bond acceptors (Lipinski definition) is 4. The third-order valence-electron chi connectivity index (χ3n) is 5.99. The summed E-state index contributed by atoms with van der Waals surface area (Å²) in [7, 11) is 0. The molecule has 0 aliphatic carbocycles. The number of ketones is 1. The van der Waals surface area contributed by atoms with E-state index in [1.54, 1.807) is 19.2 Å². The van der Waals surface area contributed by atoms with E-state index < -0.39 is 0 Å². The molecule has 5 nitrogen and oxygen atoms in total. The van der Waals surface area contributed by atoms with Crippen LogP contribution in [0.2, 0.25) is 5.15 Å². The average Bonchev–Trinajstić information content (AvgIpc) is 3.08. The lowest BCUT2D eigenvalue weighted by Gasteiger charge is -2.32. The zero-order valence-corrected chi connectivity index (χ0v) is 17.5. The third-order valence-corrected chi connectivity index (χ3v) is 6.20. The van der Waals surface area contributed by atoms with Gasteiger partial charge in [0.05, 0.1) is 17.1 Å². The van der Waals surface area contributed by atoms with Crippen LogP contribution in [-0.4, -0.2) is 33.5 Å². The molecule has 0 amide bonds. The molecule has 0 radical (unpaired) electrons. The van der Waals surface area contributed by atoms with Crippen molar-refractivity contribution in [3.63, 3.8) is 0 Å². The molecule has 1 aliphatic heterocycles. The van der Waals surface area contributed by atoms with Crippen molar-refractivity contribution in [1.82, 2.24) is 14.5 Å². The molecule has 1 aromatic carbocycles. The number of benzene rings is 1. The van der Waals surface area contributed by atoms with Crippen molar-refractivity contribution in [3.8, 4) is 0 Å². The molecule has 0 unspecified atom stereocenters. The highest BCUT2D eigenvalue weighted by Gasteiger charge is 2.30. The van der Waals surface area contributed by atoms with Crippen LogP contribution < -0.4 is 0 Å². The first-order chi connectivity index (χ1) is 14.6. The third kappa shape index (κ3) is 3.28. The highest BCUT2D eigenvalue weighted by molar-refractivity contribution is 6.30. The molecular weight excluding hydrogens is 398 g/mol. The van der Waals surface area contributed by atoms with Crippen molar-refractivity contribution in [1.29, 1.82) is 0 Å². The van der Waals surface area contributed by atoms with Gasteiger partial charge in [-0.1, -0.05) is 41.9 Å². The van der Waals surface area contributed by atoms with Gasteiger partial charge in [0, 0.05) is 30.4 Å². The maximum absolute atomic E-state index is 12.1. The Morgan fingerprint density at radius 2 is 1.93 bits per heavy atom. The molecule has 3 aromatic heterocycles. The first-order valence-corrected chi connectivity index (χ1v) is 10.6. The van der Waals surface area contributed by atoms with Gasteiger partial charge in [-0.15, -0.1) is 0 Å². The second-order valence-corrected chi connectivity index (χ2v) is 8.22. The van der Waals surface area contributed by atoms with Crippen LogP contribution in [0.4, 0.5) is 0 Å². The lowest BCUT2D eigenvalue weighted by molar-refractivity contribution is 0.0552. The Bertz CT molecular complexity index is 1230. The van der Waals surface area contributed by atoms with Crippen LogP contribution in [0.15, 0.2) is 54.7 Å². The number of carbonyl (C=O) groups excluding carboxylic acids is 1. The molecule has 30 heavy (non-hydrogen) atoms. The van der Waals surface area contributed by atoms with Crippen LogP contribution in [0.5, 0.6) is 0 Å². The second kappa shape index (κ2) is 7.82. The van der Waals surface area contributed by atoms with Crippen LogP contribution in [0.1, 0.15) is 41.7 Å². The van der Waals surface area contributed by atoms with Gasteiger partial charge in [-0.25, -0.2) is 4.98 Å². The summed E-state index contributed by atoms with van der Waals surface area (Å²) in [5.74, 6) is 0.372. The number of fused-ring (bicyclic) bond motifs is 3. The molecule has 0 bridgehead atoms. The molecule has 4 aromatic rings. The molecule has 0 N–H and O–H groups in total. The summed E-state index contributed by atoms with van der Waals surface area (Å²) in [6.45, 7) is 3.06. The summed E-state index contributed by atoms with van der Waals surface area (Å²) >= 11 is 6.32. The maximum atomic E-state index is 12.1. The minimum absolute atomic E-state index is 0.00507. The van der Waals surface area contributed by atoms with E-state index in [0.29, 0.717) is 16.6 Å². The van der Waals surface area contributed by atoms with E-state index >= 15 is 0 Å². The first kappa shape index (κ1) is 19.2. The molecule has 1 fully saturated rings. The summed E-state index contributed by atoms with van der Waals surface area (Å²) in [5.41, 5.74) is 4.35. The number of halogens is 1. The Balaban J connectivity index is 1.85. The van der Waals surface area contributed by atoms with E-state index in [9.17, 15) is 4.79 Å². The molecule has 4 heterocycles. The van der Waals surface area contributed by atoms with Crippen molar-refractivity contribution in [2.75, 3.05) is 13.2 Å². The van der Waals surface area contributed by atoms with Crippen molar-refractivity contribution in [2.24, 2.45) is 5.92 Å². The van der Waals surface area contributed by atoms with Gasteiger partial charge in [0.25, 0.3) is 0 Å². The van der Waals surface area contributed by atoms with Crippen LogP contribution in [0, 0.1) is 5.92 Å². The van der Waals surface area contributed by atoms with E-state index in [4.69, 9.17) is 21.3 Å². The minimum Gasteiger partial charge on any atom is -0.381 e. The number of carbonyl (C=O) groups is 1. The zero-order chi connectivity index (χ0) is 20.7. The largest absolute Gasteiger partial charge is 0.381 e. The number of hydrogen-bond donors (Lipinski definition) is 0. The van der Waals surface area contributed by atoms with Gasteiger partial charge in [-0.2, -0.15) is 0 Å². The van der Waals surface area contributed by atoms with Gasteiger partial charge in [0.1, 0.15) is 10.8 Å². The van der Waals surface area contributed by atoms with E-state index in [1.165, 1.54) is 5.56 Å². The van der Waals surface area contributed by atoms with Crippen molar-refractivity contribution >= 4 is 39.5 Å². The van der Waals surface area contributed by atoms with Crippen LogP contribution >= 0.6 is 11.6 Å². The number of aromatic nitrogens is 3. The lowest BCUT2D eigenvalue weighted by Crippen LogP contribution is -2.27. The molecule has 1 saturated heterocycles. The van der Waals surface area contributed by atoms with Crippen LogP contribution in [-0.2, 0) is 4.74 Å². The highest BCUT2D eigenvalue weighted by Crippen LogP contribution is 2.40. The number of Topliss-reactive ketones (excluding diaryl/α,β-unsaturated/α-hetero) is 1. The highest BCUT2D eigenvalue weighted by atomic mass is 35.5. The number of rotatable bonds is 4. The summed E-state index contributed by atoms with van der Waals surface area (Å²) in [6, 6.07) is 16.2. The molecule has 1 atom stereocenters. The first-order valence-electron chi connectivity index (χ1n) is 10.2. The van der Waals surface area contributed by atoms with E-state index in [2.05, 4.69) is 33.8 Å². The predicted molar refractivity (Wildman–Crippen MR) is 118 cm³/mol. The molecule has 6 heteroatoms. The standard InChI is InChI=1S/C24H22ClN3O2/c1-15(29)18-13-20-22(26-14-18)19-7-8-21(25)27-24(19)28(20)23(16-5-3-2-4-6-16)17-9-11-30-12-10-17/h2-8,13-14,17,23H,9-12H2,1H3/t23-/m0/s1. The number of nitrogens with zero attached hydrogens (tertiary/aromatic N) is 3. The van der Waals surface area contributed by atoms with Crippen molar-refractivity contribution in [2.45, 2.75) is 25.8 Å². The SMILES string of the molecule is CC(=O)c1cnc2c3ccc(Cl)nc3n([C@@H](c3ccccc3)C3CCOCC3)c2c1. The Morgan fingerprint density at radius 1 is 1.17 bits per heavy atom. The second-order valence-electron chi connectivity index (χ2n) is 7.83. The predicted octanol–water partition coefficient (Wildman–Crippen LogP) is 5.46. The maximum Gasteiger partial charge on any atom is 0.161 e. The Kier molecular flexibility index (Phi) is 5.01. The van der Waals surface area contributed by atoms with E-state index in [1.807, 2.05) is 18.2 Å². The number of pyridine rings is 2. The van der Waals surface area contributed by atoms with Gasteiger partial charge >= 0.3 is 0 Å². The van der Waals surface area contributed by atoms with Gasteiger partial charge in [0.15, 0.2) is 5.78 Å². The molecule has 152 valence electrons. The quantitative estimate of drug-likeness (QED) is 0.325. The van der Waals surface area contributed by atoms with Gasteiger partial charge < -0.3 is 9.30 Å². The van der Waals surface area contributed by atoms with E-state index in [-0.39, 0.29) is 11.8 Å². The summed E-state index contributed by atoms with van der Waals surface area (Å²) in [6.07, 6.45) is 3.57. The molecule has 0 saturated carbocycles. The topological polar surface area (TPSA) is 57.0 Å². The Labute approximate surface area is 179 Å². The van der Waals surface area contributed by atoms with Crippen molar-refractivity contribution < 1.29 is 9.53 Å². The summed E-state index contributed by atoms with van der Waals surface area (Å²) in [5, 5.41) is 1.38. The zero-order valence-electron chi connectivity index (χ0n) is 16.7. The molecular formula is C24H22ClN3O2. The fourth-order valence-corrected chi connectivity index (χ4v) is 4.68. The fraction of sp³-hybridized carbons (Fsp3) is 0.292. The smallest absolute Gasteiger partial charge is 0.161 e. The average molecular weight is 420 g/mol. The summed E-state index contributed by atoms with van der Waals surface area (Å²) in [4.78, 5) is 21.5. The normalized spacial score (nSPS) is 16.2. The monoisotopic (exact) mass is 419 g/mol. The Morgan fingerprint density at radius 3 is 2.67 bits per heavy atom. The molecule has 1 aliphatic rings. The lowest BCUT2D eigenvalue weighted by atomic mass is 9.86. The van der Waals surface area contributed by atoms with Crippen LogP contribution in [0.3, 0.4) is 0 Å². The van der Waals surface area contributed by atoms with Gasteiger partial charge in [-0.3, -0.25) is 9.78 Å². The van der Waals surface area contributed by atoms with E-state index in [0.717, 1.165) is 48.1 Å². The Hall–Kier alpha value is -2.76. The molecule has 0 spiro atoms. The van der Waals surface area contributed by atoms with Gasteiger partial charge in [0.2, 0.25) is 0 Å². The van der Waals surface area contributed by atoms with Gasteiger partial charge in [-0.05, 0) is 49.4 Å². The molecule has 5 rings (SSSR count). The fourth-order valence-electron chi connectivity index (χ4n) is 4.54. The summed E-state index contributed by atoms with van der Waals surface area (Å²) < 4.78 is 7.88. The number of ether oxygens (including phenoxy) is 1. The minimum atomic E-state index is -0.00507.